The van der Waals surface area contributed by atoms with Crippen LogP contribution in [0.3, 0.4) is 0 Å². The molecular formula is C19H21NO5. The van der Waals surface area contributed by atoms with Crippen LogP contribution >= 0.6 is 0 Å². The quantitative estimate of drug-likeness (QED) is 0.524. The smallest absolute Gasteiger partial charge is 0.349 e. The fourth-order valence-corrected chi connectivity index (χ4v) is 3.11. The number of hydrogen-bond acceptors (Lipinski definition) is 5. The normalized spacial score (nSPS) is 15.1. The number of rotatable bonds is 4. The van der Waals surface area contributed by atoms with Crippen LogP contribution in [0.25, 0.3) is 11.0 Å². The summed E-state index contributed by atoms with van der Waals surface area (Å²) >= 11 is 0. The lowest BCUT2D eigenvalue weighted by Gasteiger charge is -2.19. The molecule has 6 heteroatoms. The van der Waals surface area contributed by atoms with Crippen molar-refractivity contribution >= 4 is 22.8 Å². The fraction of sp³-hybridized carbons (Fsp3) is 0.421. The maximum absolute atomic E-state index is 12.2. The van der Waals surface area contributed by atoms with E-state index in [0.717, 1.165) is 25.7 Å². The number of amides is 1. The molecule has 132 valence electrons. The minimum atomic E-state index is -0.714. The number of fused-ring (bicyclic) bond motifs is 1. The molecule has 0 saturated heterocycles. The van der Waals surface area contributed by atoms with Gasteiger partial charge in [0, 0.05) is 18.0 Å². The highest BCUT2D eigenvalue weighted by atomic mass is 16.5. The van der Waals surface area contributed by atoms with Gasteiger partial charge in [0.1, 0.15) is 16.9 Å². The largest absolute Gasteiger partial charge is 0.426 e. The van der Waals surface area contributed by atoms with E-state index in [1.165, 1.54) is 18.6 Å². The predicted molar refractivity (Wildman–Crippen MR) is 92.7 cm³/mol. The summed E-state index contributed by atoms with van der Waals surface area (Å²) in [5, 5.41) is 3.17. The molecular weight excluding hydrogens is 322 g/mol. The number of carbonyl (C=O) groups is 2. The highest BCUT2D eigenvalue weighted by Gasteiger charge is 2.23. The maximum atomic E-state index is 12.2. The molecule has 1 amide bonds. The van der Waals surface area contributed by atoms with E-state index < -0.39 is 11.5 Å². The molecule has 0 radical (unpaired) electrons. The third-order valence-corrected chi connectivity index (χ3v) is 4.45. The van der Waals surface area contributed by atoms with Crippen LogP contribution in [0.1, 0.15) is 49.4 Å². The number of nitrogens with one attached hydrogen (secondary N) is 1. The Morgan fingerprint density at radius 1 is 1.20 bits per heavy atom. The van der Waals surface area contributed by atoms with E-state index in [-0.39, 0.29) is 23.0 Å². The van der Waals surface area contributed by atoms with Gasteiger partial charge in [0.2, 0.25) is 0 Å². The molecule has 1 aliphatic carbocycles. The average Bonchev–Trinajstić information content (AvgIpc) is 2.62. The molecule has 1 aliphatic rings. The Morgan fingerprint density at radius 2 is 1.96 bits per heavy atom. The van der Waals surface area contributed by atoms with Crippen molar-refractivity contribution in [2.24, 2.45) is 5.92 Å². The molecule has 0 spiro atoms. The summed E-state index contributed by atoms with van der Waals surface area (Å²) in [4.78, 5) is 36.1. The fourth-order valence-electron chi connectivity index (χ4n) is 3.11. The van der Waals surface area contributed by atoms with Crippen molar-refractivity contribution in [1.29, 1.82) is 0 Å². The first-order valence-corrected chi connectivity index (χ1v) is 8.66. The van der Waals surface area contributed by atoms with Gasteiger partial charge in [-0.3, -0.25) is 9.59 Å². The molecule has 1 saturated carbocycles. The molecule has 0 aliphatic heterocycles. The Bertz CT molecular complexity index is 849. The van der Waals surface area contributed by atoms with Crippen LogP contribution in [0.5, 0.6) is 5.75 Å². The van der Waals surface area contributed by atoms with Crippen LogP contribution < -0.4 is 15.7 Å². The molecule has 0 atom stereocenters. The summed E-state index contributed by atoms with van der Waals surface area (Å²) in [5.41, 5.74) is -0.470. The number of benzene rings is 1. The zero-order chi connectivity index (χ0) is 17.8. The Balaban J connectivity index is 1.82. The minimum Gasteiger partial charge on any atom is -0.426 e. The summed E-state index contributed by atoms with van der Waals surface area (Å²) in [6, 6.07) is 6.31. The second kappa shape index (κ2) is 7.51. The molecule has 1 heterocycles. The first-order chi connectivity index (χ1) is 12.1. The highest BCUT2D eigenvalue weighted by Crippen LogP contribution is 2.27. The summed E-state index contributed by atoms with van der Waals surface area (Å²) in [6.45, 7) is 2.19. The number of hydrogen-bond donors (Lipinski definition) is 1. The summed E-state index contributed by atoms with van der Waals surface area (Å²) in [7, 11) is 0. The van der Waals surface area contributed by atoms with Crippen molar-refractivity contribution in [1.82, 2.24) is 5.32 Å². The van der Waals surface area contributed by atoms with E-state index in [1.54, 1.807) is 19.1 Å². The van der Waals surface area contributed by atoms with E-state index in [2.05, 4.69) is 5.32 Å². The lowest BCUT2D eigenvalue weighted by molar-refractivity contribution is -0.139. The lowest BCUT2D eigenvalue weighted by Crippen LogP contribution is -2.27. The van der Waals surface area contributed by atoms with Gasteiger partial charge in [-0.05, 0) is 38.0 Å². The minimum absolute atomic E-state index is 0.0405. The van der Waals surface area contributed by atoms with Crippen molar-refractivity contribution in [3.8, 4) is 5.75 Å². The molecule has 1 aromatic carbocycles. The van der Waals surface area contributed by atoms with Crippen molar-refractivity contribution < 1.29 is 18.7 Å². The van der Waals surface area contributed by atoms with E-state index in [9.17, 15) is 14.4 Å². The van der Waals surface area contributed by atoms with Crippen molar-refractivity contribution in [2.75, 3.05) is 6.54 Å². The number of carbonyl (C=O) groups excluding carboxylic acids is 2. The van der Waals surface area contributed by atoms with Crippen LogP contribution in [-0.4, -0.2) is 18.4 Å². The molecule has 0 bridgehead atoms. The van der Waals surface area contributed by atoms with Gasteiger partial charge >= 0.3 is 11.6 Å². The molecule has 3 rings (SSSR count). The first kappa shape index (κ1) is 17.2. The Morgan fingerprint density at radius 3 is 2.68 bits per heavy atom. The number of esters is 1. The van der Waals surface area contributed by atoms with E-state index in [0.29, 0.717) is 17.7 Å². The molecule has 0 unspecified atom stereocenters. The van der Waals surface area contributed by atoms with Gasteiger partial charge in [-0.25, -0.2) is 4.79 Å². The first-order valence-electron chi connectivity index (χ1n) is 8.66. The van der Waals surface area contributed by atoms with Gasteiger partial charge in [0.25, 0.3) is 5.91 Å². The zero-order valence-electron chi connectivity index (χ0n) is 14.2. The van der Waals surface area contributed by atoms with Crippen molar-refractivity contribution in [3.63, 3.8) is 0 Å². The topological polar surface area (TPSA) is 85.6 Å². The zero-order valence-corrected chi connectivity index (χ0v) is 14.2. The van der Waals surface area contributed by atoms with Gasteiger partial charge in [0.15, 0.2) is 0 Å². The molecule has 25 heavy (non-hydrogen) atoms. The molecule has 1 N–H and O–H groups in total. The SMILES string of the molecule is CCNC(=O)c1cc2ccc(OC(=O)C3CCCCC3)cc2oc1=O. The standard InChI is InChI=1S/C19H21NO5/c1-2-20-17(21)15-10-13-8-9-14(11-16(13)25-19(15)23)24-18(22)12-6-4-3-5-7-12/h8-12H,2-7H2,1H3,(H,20,21). The van der Waals surface area contributed by atoms with Crippen LogP contribution in [0.4, 0.5) is 0 Å². The van der Waals surface area contributed by atoms with E-state index in [1.807, 2.05) is 0 Å². The van der Waals surface area contributed by atoms with E-state index >= 15 is 0 Å². The van der Waals surface area contributed by atoms with E-state index in [4.69, 9.17) is 9.15 Å². The van der Waals surface area contributed by atoms with Crippen LogP contribution in [-0.2, 0) is 4.79 Å². The van der Waals surface area contributed by atoms with Gasteiger partial charge in [-0.15, -0.1) is 0 Å². The second-order valence-electron chi connectivity index (χ2n) is 6.26. The van der Waals surface area contributed by atoms with Gasteiger partial charge < -0.3 is 14.5 Å². The van der Waals surface area contributed by atoms with Crippen molar-refractivity contribution in [2.45, 2.75) is 39.0 Å². The Kier molecular flexibility index (Phi) is 5.16. The molecule has 2 aromatic rings. The molecule has 6 nitrogen and oxygen atoms in total. The summed E-state index contributed by atoms with van der Waals surface area (Å²) in [5.74, 6) is -0.417. The monoisotopic (exact) mass is 343 g/mol. The predicted octanol–water partition coefficient (Wildman–Crippen LogP) is 3.03. The van der Waals surface area contributed by atoms with Crippen LogP contribution in [0.2, 0.25) is 0 Å². The third kappa shape index (κ3) is 3.90. The third-order valence-electron chi connectivity index (χ3n) is 4.45. The van der Waals surface area contributed by atoms with Gasteiger partial charge in [-0.2, -0.15) is 0 Å². The van der Waals surface area contributed by atoms with Gasteiger partial charge in [-0.1, -0.05) is 19.3 Å². The average molecular weight is 343 g/mol. The summed E-state index contributed by atoms with van der Waals surface area (Å²) in [6.07, 6.45) is 4.98. The highest BCUT2D eigenvalue weighted by molar-refractivity contribution is 5.96. The maximum Gasteiger partial charge on any atom is 0.349 e. The molecule has 1 aromatic heterocycles. The van der Waals surface area contributed by atoms with Gasteiger partial charge in [0.05, 0.1) is 5.92 Å². The lowest BCUT2D eigenvalue weighted by atomic mass is 9.89. The molecule has 1 fully saturated rings. The Hall–Kier alpha value is -2.63. The second-order valence-corrected chi connectivity index (χ2v) is 6.26. The summed E-state index contributed by atoms with van der Waals surface area (Å²) < 4.78 is 10.7. The number of ether oxygens (including phenoxy) is 1. The van der Waals surface area contributed by atoms with Crippen molar-refractivity contribution in [3.05, 3.63) is 40.2 Å². The van der Waals surface area contributed by atoms with Crippen LogP contribution in [0, 0.1) is 5.92 Å². The van der Waals surface area contributed by atoms with Crippen LogP contribution in [0.15, 0.2) is 33.5 Å². The Labute approximate surface area is 145 Å².